The Balaban J connectivity index is 2.23. The average Bonchev–Trinajstić information content (AvgIpc) is 2.64. The number of guanidine groups is 1. The molecule has 174 valence electrons. The summed E-state index contributed by atoms with van der Waals surface area (Å²) in [6.07, 6.45) is 1.19. The van der Waals surface area contributed by atoms with E-state index in [9.17, 15) is 18.8 Å². The molecule has 0 bridgehead atoms. The van der Waals surface area contributed by atoms with E-state index < -0.39 is 29.2 Å². The molecule has 1 N–H and O–H groups in total. The molecule has 0 fully saturated rings. The Labute approximate surface area is 187 Å². The summed E-state index contributed by atoms with van der Waals surface area (Å²) < 4.78 is 24.9. The van der Waals surface area contributed by atoms with Gasteiger partial charge in [0.25, 0.3) is 0 Å². The fourth-order valence-electron chi connectivity index (χ4n) is 2.92. The van der Waals surface area contributed by atoms with Crippen molar-refractivity contribution in [2.75, 3.05) is 13.1 Å². The highest BCUT2D eigenvalue weighted by Gasteiger charge is 2.25. The van der Waals surface area contributed by atoms with Crippen LogP contribution < -0.4 is 5.32 Å². The van der Waals surface area contributed by atoms with Crippen LogP contribution in [-0.2, 0) is 9.47 Å². The van der Waals surface area contributed by atoms with Crippen LogP contribution in [-0.4, -0.2) is 53.6 Å². The van der Waals surface area contributed by atoms with Gasteiger partial charge in [-0.25, -0.2) is 14.0 Å². The molecule has 1 aromatic rings. The monoisotopic (exact) mass is 447 g/mol. The summed E-state index contributed by atoms with van der Waals surface area (Å²) >= 11 is 0. The molecule has 0 radical (unpaired) electrons. The summed E-state index contributed by atoms with van der Waals surface area (Å²) in [6.45, 7) is 10.9. The number of aldehydes is 1. The Morgan fingerprint density at radius 1 is 1.12 bits per heavy atom. The zero-order valence-electron chi connectivity index (χ0n) is 19.3. The predicted octanol–water partition coefficient (Wildman–Crippen LogP) is 4.54. The van der Waals surface area contributed by atoms with Gasteiger partial charge in [0.15, 0.2) is 0 Å². The summed E-state index contributed by atoms with van der Waals surface area (Å²) in [5.74, 6) is -0.496. The van der Waals surface area contributed by atoms with Crippen LogP contribution in [0.5, 0.6) is 0 Å². The molecule has 2 amide bonds. The van der Waals surface area contributed by atoms with Crippen molar-refractivity contribution in [3.63, 3.8) is 0 Å². The maximum Gasteiger partial charge on any atom is 0.437 e. The number of amides is 2. The van der Waals surface area contributed by atoms with E-state index in [1.54, 1.807) is 64.7 Å². The van der Waals surface area contributed by atoms with E-state index in [2.05, 4.69) is 10.3 Å². The number of carbonyl (C=O) groups excluding carboxylic acids is 3. The van der Waals surface area contributed by atoms with Crippen LogP contribution in [0.1, 0.15) is 63.9 Å². The van der Waals surface area contributed by atoms with Crippen molar-refractivity contribution in [3.05, 3.63) is 41.2 Å². The van der Waals surface area contributed by atoms with E-state index in [1.165, 1.54) is 6.07 Å². The second-order valence-corrected chi connectivity index (χ2v) is 9.33. The number of halogens is 1. The Morgan fingerprint density at radius 2 is 1.78 bits per heavy atom. The zero-order chi connectivity index (χ0) is 24.1. The van der Waals surface area contributed by atoms with Gasteiger partial charge in [0, 0.05) is 24.2 Å². The quantitative estimate of drug-likeness (QED) is 0.406. The number of nitrogens with one attached hydrogen (secondary N) is 1. The SMILES string of the molecule is CC(C)(C)OC(=O)N=C(NC(=O)OC(C)(C)C)N1CC=C(c2ccc(C=O)cc2F)CC1. The van der Waals surface area contributed by atoms with Gasteiger partial charge < -0.3 is 14.4 Å². The van der Waals surface area contributed by atoms with Crippen LogP contribution >= 0.6 is 0 Å². The lowest BCUT2D eigenvalue weighted by Gasteiger charge is -2.30. The molecule has 0 saturated heterocycles. The van der Waals surface area contributed by atoms with Crippen molar-refractivity contribution in [2.45, 2.75) is 59.2 Å². The predicted molar refractivity (Wildman–Crippen MR) is 119 cm³/mol. The molecule has 9 heteroatoms. The minimum atomic E-state index is -0.853. The van der Waals surface area contributed by atoms with Gasteiger partial charge in [0.1, 0.15) is 23.3 Å². The molecule has 1 heterocycles. The molecular formula is C23H30FN3O5. The third kappa shape index (κ3) is 7.79. The first kappa shape index (κ1) is 25.0. The van der Waals surface area contributed by atoms with Gasteiger partial charge >= 0.3 is 12.2 Å². The number of hydrogen-bond donors (Lipinski definition) is 1. The Morgan fingerprint density at radius 3 is 2.28 bits per heavy atom. The summed E-state index contributed by atoms with van der Waals surface area (Å²) in [5.41, 5.74) is -0.0669. The third-order valence-corrected chi connectivity index (χ3v) is 4.19. The van der Waals surface area contributed by atoms with Crippen LogP contribution in [0.4, 0.5) is 14.0 Å². The zero-order valence-corrected chi connectivity index (χ0v) is 19.3. The van der Waals surface area contributed by atoms with Gasteiger partial charge in [-0.1, -0.05) is 18.2 Å². The maximum absolute atomic E-state index is 14.4. The van der Waals surface area contributed by atoms with Crippen molar-refractivity contribution in [1.82, 2.24) is 10.2 Å². The summed E-state index contributed by atoms with van der Waals surface area (Å²) in [7, 11) is 0. The second-order valence-electron chi connectivity index (χ2n) is 9.33. The first-order chi connectivity index (χ1) is 14.8. The van der Waals surface area contributed by atoms with Crippen molar-refractivity contribution >= 4 is 30.0 Å². The third-order valence-electron chi connectivity index (χ3n) is 4.19. The lowest BCUT2D eigenvalue weighted by molar-refractivity contribution is 0.0555. The maximum atomic E-state index is 14.4. The number of hydrogen-bond acceptors (Lipinski definition) is 5. The van der Waals surface area contributed by atoms with Gasteiger partial charge in [0.2, 0.25) is 5.96 Å². The number of nitrogens with zero attached hydrogens (tertiary/aromatic N) is 2. The standard InChI is InChI=1S/C23H30FN3O5/c1-22(2,3)31-20(29)25-19(26-21(30)32-23(4,5)6)27-11-9-16(10-12-27)17-8-7-15(14-28)13-18(17)24/h7-9,13-14H,10-12H2,1-6H3,(H,25,26,29,30). The average molecular weight is 448 g/mol. The number of alkyl carbamates (subject to hydrolysis) is 1. The van der Waals surface area contributed by atoms with Gasteiger partial charge in [0.05, 0.1) is 0 Å². The molecule has 0 atom stereocenters. The van der Waals surface area contributed by atoms with Crippen LogP contribution in [0, 0.1) is 5.82 Å². The molecule has 1 aliphatic heterocycles. The van der Waals surface area contributed by atoms with Gasteiger partial charge in [-0.2, -0.15) is 0 Å². The largest absolute Gasteiger partial charge is 0.444 e. The Kier molecular flexibility index (Phi) is 7.77. The minimum absolute atomic E-state index is 0.0134. The number of aliphatic imine (C=N–C) groups is 1. The molecule has 0 saturated carbocycles. The van der Waals surface area contributed by atoms with Crippen molar-refractivity contribution < 1.29 is 28.2 Å². The van der Waals surface area contributed by atoms with Crippen molar-refractivity contribution in [3.8, 4) is 0 Å². The van der Waals surface area contributed by atoms with E-state index >= 15 is 0 Å². The van der Waals surface area contributed by atoms with Crippen LogP contribution in [0.3, 0.4) is 0 Å². The van der Waals surface area contributed by atoms with Gasteiger partial charge in [-0.15, -0.1) is 4.99 Å². The highest BCUT2D eigenvalue weighted by atomic mass is 19.1. The number of carbonyl (C=O) groups is 3. The second kappa shape index (κ2) is 9.93. The van der Waals surface area contributed by atoms with Gasteiger partial charge in [-0.3, -0.25) is 10.1 Å². The first-order valence-electron chi connectivity index (χ1n) is 10.3. The van der Waals surface area contributed by atoms with Crippen molar-refractivity contribution in [1.29, 1.82) is 0 Å². The molecule has 1 aromatic carbocycles. The molecule has 1 aliphatic rings. The summed E-state index contributed by atoms with van der Waals surface area (Å²) in [5, 5.41) is 2.51. The molecule has 32 heavy (non-hydrogen) atoms. The lowest BCUT2D eigenvalue weighted by atomic mass is 9.98. The van der Waals surface area contributed by atoms with Gasteiger partial charge in [-0.05, 0) is 59.6 Å². The topological polar surface area (TPSA) is 97.3 Å². The smallest absolute Gasteiger partial charge is 0.437 e. The fraction of sp³-hybridized carbons (Fsp3) is 0.478. The van der Waals surface area contributed by atoms with E-state index in [-0.39, 0.29) is 18.1 Å². The van der Waals surface area contributed by atoms with E-state index in [0.717, 1.165) is 5.57 Å². The molecule has 0 aliphatic carbocycles. The molecule has 0 aromatic heterocycles. The van der Waals surface area contributed by atoms with E-state index in [4.69, 9.17) is 9.47 Å². The fourth-order valence-corrected chi connectivity index (χ4v) is 2.92. The Bertz CT molecular complexity index is 942. The van der Waals surface area contributed by atoms with Crippen LogP contribution in [0.15, 0.2) is 29.3 Å². The van der Waals surface area contributed by atoms with Crippen molar-refractivity contribution in [2.24, 2.45) is 4.99 Å². The highest BCUT2D eigenvalue weighted by Crippen LogP contribution is 2.25. The molecule has 0 spiro atoms. The molecular weight excluding hydrogens is 417 g/mol. The van der Waals surface area contributed by atoms with E-state index in [0.29, 0.717) is 24.8 Å². The van der Waals surface area contributed by atoms with Crippen LogP contribution in [0.25, 0.3) is 5.57 Å². The molecule has 8 nitrogen and oxygen atoms in total. The molecule has 0 unspecified atom stereocenters. The first-order valence-corrected chi connectivity index (χ1v) is 10.3. The normalized spacial score (nSPS) is 15.0. The summed E-state index contributed by atoms with van der Waals surface area (Å²) in [6, 6.07) is 4.31. The number of ether oxygens (including phenoxy) is 2. The highest BCUT2D eigenvalue weighted by molar-refractivity contribution is 5.99. The number of benzene rings is 1. The number of rotatable bonds is 2. The lowest BCUT2D eigenvalue weighted by Crippen LogP contribution is -2.48. The minimum Gasteiger partial charge on any atom is -0.444 e. The Hall–Kier alpha value is -3.23. The van der Waals surface area contributed by atoms with Crippen LogP contribution in [0.2, 0.25) is 0 Å². The molecule has 2 rings (SSSR count). The summed E-state index contributed by atoms with van der Waals surface area (Å²) in [4.78, 5) is 40.9. The van der Waals surface area contributed by atoms with E-state index in [1.807, 2.05) is 0 Å².